The summed E-state index contributed by atoms with van der Waals surface area (Å²) in [6.07, 6.45) is 5.84. The van der Waals surface area contributed by atoms with E-state index < -0.39 is 0 Å². The average Bonchev–Trinajstić information content (AvgIpc) is 2.75. The Labute approximate surface area is 95.0 Å². The third-order valence-electron chi connectivity index (χ3n) is 2.93. The fourth-order valence-electron chi connectivity index (χ4n) is 1.95. The predicted octanol–water partition coefficient (Wildman–Crippen LogP) is 1.14. The third kappa shape index (κ3) is 2.61. The predicted molar refractivity (Wildman–Crippen MR) is 59.5 cm³/mol. The lowest BCUT2D eigenvalue weighted by molar-refractivity contribution is 0.212. The van der Waals surface area contributed by atoms with Crippen molar-refractivity contribution in [3.63, 3.8) is 0 Å². The molecule has 0 aromatic carbocycles. The molecule has 0 radical (unpaired) electrons. The monoisotopic (exact) mass is 223 g/mol. The maximum atomic E-state index is 6.18. The highest BCUT2D eigenvalue weighted by Crippen LogP contribution is 2.27. The van der Waals surface area contributed by atoms with Gasteiger partial charge in [0.05, 0.1) is 18.7 Å². The lowest BCUT2D eigenvalue weighted by atomic mass is 10.0. The van der Waals surface area contributed by atoms with Gasteiger partial charge in [-0.25, -0.2) is 9.97 Å². The Morgan fingerprint density at radius 3 is 2.69 bits per heavy atom. The summed E-state index contributed by atoms with van der Waals surface area (Å²) in [6.45, 7) is 0.507. The van der Waals surface area contributed by atoms with E-state index in [2.05, 4.69) is 9.97 Å². The lowest BCUT2D eigenvalue weighted by Gasteiger charge is -2.22. The Kier molecular flexibility index (Phi) is 3.24. The molecule has 88 valence electrons. The molecule has 5 heteroatoms. The molecular weight excluding hydrogens is 206 g/mol. The van der Waals surface area contributed by atoms with Gasteiger partial charge >= 0.3 is 0 Å². The van der Waals surface area contributed by atoms with Gasteiger partial charge in [0.2, 0.25) is 11.8 Å². The van der Waals surface area contributed by atoms with Crippen LogP contribution in [0, 0.1) is 0 Å². The number of nitrogens with two attached hydrogens (primary N) is 1. The summed E-state index contributed by atoms with van der Waals surface area (Å²) in [5, 5.41) is 0. The minimum atomic E-state index is -0.182. The van der Waals surface area contributed by atoms with Crippen LogP contribution in [-0.4, -0.2) is 29.2 Å². The molecule has 5 nitrogen and oxygen atoms in total. The summed E-state index contributed by atoms with van der Waals surface area (Å²) in [5.74, 6) is 1.02. The van der Waals surface area contributed by atoms with E-state index in [4.69, 9.17) is 15.2 Å². The van der Waals surface area contributed by atoms with Crippen molar-refractivity contribution in [2.45, 2.75) is 31.2 Å². The van der Waals surface area contributed by atoms with Crippen LogP contribution in [0.25, 0.3) is 0 Å². The smallest absolute Gasteiger partial charge is 0.220 e. The largest absolute Gasteiger partial charge is 0.481 e. The van der Waals surface area contributed by atoms with Crippen LogP contribution in [0.4, 0.5) is 0 Å². The first kappa shape index (κ1) is 11.1. The van der Waals surface area contributed by atoms with Gasteiger partial charge in [0.15, 0.2) is 0 Å². The SMILES string of the molecule is COc1cc(OCC2(N)CCCC2)ncn1. The summed E-state index contributed by atoms with van der Waals surface area (Å²) in [6, 6.07) is 1.66. The molecule has 1 aromatic heterocycles. The molecule has 1 fully saturated rings. The maximum Gasteiger partial charge on any atom is 0.220 e. The first-order valence-electron chi connectivity index (χ1n) is 5.50. The summed E-state index contributed by atoms with van der Waals surface area (Å²) < 4.78 is 10.6. The summed E-state index contributed by atoms with van der Waals surface area (Å²) in [4.78, 5) is 7.92. The Morgan fingerprint density at radius 1 is 1.31 bits per heavy atom. The van der Waals surface area contributed by atoms with Gasteiger partial charge in [0.1, 0.15) is 12.9 Å². The van der Waals surface area contributed by atoms with Crippen molar-refractivity contribution in [3.8, 4) is 11.8 Å². The van der Waals surface area contributed by atoms with Gasteiger partial charge in [-0.2, -0.15) is 0 Å². The van der Waals surface area contributed by atoms with E-state index in [-0.39, 0.29) is 5.54 Å². The molecule has 0 aliphatic heterocycles. The van der Waals surface area contributed by atoms with E-state index >= 15 is 0 Å². The third-order valence-corrected chi connectivity index (χ3v) is 2.93. The van der Waals surface area contributed by atoms with Crippen molar-refractivity contribution in [2.24, 2.45) is 5.73 Å². The second-order valence-electron chi connectivity index (χ2n) is 4.26. The van der Waals surface area contributed by atoms with Crippen LogP contribution in [0.5, 0.6) is 11.8 Å². The molecule has 0 saturated heterocycles. The molecule has 0 unspecified atom stereocenters. The standard InChI is InChI=1S/C11H17N3O2/c1-15-9-6-10(14-8-13-9)16-7-11(12)4-2-3-5-11/h6,8H,2-5,7,12H2,1H3. The molecule has 0 bridgehead atoms. The van der Waals surface area contributed by atoms with Crippen molar-refractivity contribution >= 4 is 0 Å². The Bertz CT molecular complexity index is 351. The van der Waals surface area contributed by atoms with Crippen LogP contribution in [-0.2, 0) is 0 Å². The molecule has 1 saturated carbocycles. The summed E-state index contributed by atoms with van der Waals surface area (Å²) in [5.41, 5.74) is 6.00. The second kappa shape index (κ2) is 4.65. The number of hydrogen-bond acceptors (Lipinski definition) is 5. The van der Waals surface area contributed by atoms with Crippen LogP contribution in [0.1, 0.15) is 25.7 Å². The first-order valence-corrected chi connectivity index (χ1v) is 5.50. The fourth-order valence-corrected chi connectivity index (χ4v) is 1.95. The molecule has 2 N–H and O–H groups in total. The number of aromatic nitrogens is 2. The van der Waals surface area contributed by atoms with Gasteiger partial charge in [0.25, 0.3) is 0 Å². The molecule has 0 amide bonds. The number of rotatable bonds is 4. The van der Waals surface area contributed by atoms with Crippen molar-refractivity contribution in [2.75, 3.05) is 13.7 Å². The lowest BCUT2D eigenvalue weighted by Crippen LogP contribution is -2.42. The topological polar surface area (TPSA) is 70.3 Å². The zero-order valence-corrected chi connectivity index (χ0v) is 9.48. The summed E-state index contributed by atoms with van der Waals surface area (Å²) >= 11 is 0. The van der Waals surface area contributed by atoms with Gasteiger partial charge in [-0.1, -0.05) is 12.8 Å². The first-order chi connectivity index (χ1) is 7.72. The van der Waals surface area contributed by atoms with Crippen molar-refractivity contribution in [1.29, 1.82) is 0 Å². The molecule has 1 aliphatic carbocycles. The molecule has 2 rings (SSSR count). The number of hydrogen-bond donors (Lipinski definition) is 1. The molecule has 0 spiro atoms. The molecule has 0 atom stereocenters. The Hall–Kier alpha value is -1.36. The normalized spacial score (nSPS) is 18.4. The van der Waals surface area contributed by atoms with Gasteiger partial charge in [-0.3, -0.25) is 0 Å². The second-order valence-corrected chi connectivity index (χ2v) is 4.26. The maximum absolute atomic E-state index is 6.18. The van der Waals surface area contributed by atoms with E-state index in [9.17, 15) is 0 Å². The van der Waals surface area contributed by atoms with Crippen molar-refractivity contribution < 1.29 is 9.47 Å². The highest BCUT2D eigenvalue weighted by atomic mass is 16.5. The zero-order valence-electron chi connectivity index (χ0n) is 9.48. The van der Waals surface area contributed by atoms with E-state index in [0.29, 0.717) is 18.4 Å². The van der Waals surface area contributed by atoms with Gasteiger partial charge in [0, 0.05) is 0 Å². The van der Waals surface area contributed by atoms with Crippen molar-refractivity contribution in [1.82, 2.24) is 9.97 Å². The van der Waals surface area contributed by atoms with E-state index in [1.54, 1.807) is 13.2 Å². The van der Waals surface area contributed by atoms with E-state index in [1.807, 2.05) is 0 Å². The average molecular weight is 223 g/mol. The Morgan fingerprint density at radius 2 is 2.00 bits per heavy atom. The molecule has 1 heterocycles. The highest BCUT2D eigenvalue weighted by molar-refractivity contribution is 5.18. The van der Waals surface area contributed by atoms with Crippen LogP contribution in [0.3, 0.4) is 0 Å². The molecular formula is C11H17N3O2. The number of nitrogens with zero attached hydrogens (tertiary/aromatic N) is 2. The van der Waals surface area contributed by atoms with Crippen LogP contribution >= 0.6 is 0 Å². The van der Waals surface area contributed by atoms with E-state index in [0.717, 1.165) is 12.8 Å². The number of ether oxygens (including phenoxy) is 2. The fraction of sp³-hybridized carbons (Fsp3) is 0.636. The van der Waals surface area contributed by atoms with E-state index in [1.165, 1.54) is 19.2 Å². The van der Waals surface area contributed by atoms with Gasteiger partial charge in [-0.15, -0.1) is 0 Å². The van der Waals surface area contributed by atoms with Gasteiger partial charge in [-0.05, 0) is 12.8 Å². The molecule has 1 aliphatic rings. The molecule has 16 heavy (non-hydrogen) atoms. The minimum absolute atomic E-state index is 0.182. The van der Waals surface area contributed by atoms with Gasteiger partial charge < -0.3 is 15.2 Å². The quantitative estimate of drug-likeness (QED) is 0.828. The minimum Gasteiger partial charge on any atom is -0.481 e. The number of methoxy groups -OCH3 is 1. The highest BCUT2D eigenvalue weighted by Gasteiger charge is 2.30. The zero-order chi connectivity index (χ0) is 11.4. The summed E-state index contributed by atoms with van der Waals surface area (Å²) in [7, 11) is 1.56. The van der Waals surface area contributed by atoms with Crippen LogP contribution < -0.4 is 15.2 Å². The van der Waals surface area contributed by atoms with Crippen LogP contribution in [0.2, 0.25) is 0 Å². The Balaban J connectivity index is 1.93. The molecule has 1 aromatic rings. The van der Waals surface area contributed by atoms with Crippen LogP contribution in [0.15, 0.2) is 12.4 Å². The van der Waals surface area contributed by atoms with Crippen molar-refractivity contribution in [3.05, 3.63) is 12.4 Å².